The first-order valence-electron chi connectivity index (χ1n) is 7.98. The van der Waals surface area contributed by atoms with Gasteiger partial charge < -0.3 is 9.64 Å². The summed E-state index contributed by atoms with van der Waals surface area (Å²) in [6, 6.07) is 12.3. The lowest BCUT2D eigenvalue weighted by Crippen LogP contribution is -2.39. The van der Waals surface area contributed by atoms with Crippen LogP contribution in [0.1, 0.15) is 36.6 Å². The molecule has 0 bridgehead atoms. The lowest BCUT2D eigenvalue weighted by Gasteiger charge is -2.37. The summed E-state index contributed by atoms with van der Waals surface area (Å²) in [5.74, 6) is 0.984. The van der Waals surface area contributed by atoms with Crippen molar-refractivity contribution in [2.45, 2.75) is 26.3 Å². The number of carbonyl (C=O) groups excluding carboxylic acids is 1. The molecule has 0 aliphatic carbocycles. The fraction of sp³-hybridized carbons (Fsp3) is 0.316. The highest BCUT2D eigenvalue weighted by Crippen LogP contribution is 2.38. The Morgan fingerprint density at radius 3 is 2.54 bits per heavy atom. The normalized spacial score (nSPS) is 16.7. The molecular formula is C19H19Br2NO2. The Labute approximate surface area is 159 Å². The average molecular weight is 453 g/mol. The SMILES string of the molecule is CCOc1ccc2c(c1)CCN(C(C)=O)C2c1cc(Br)cc(Br)c1. The average Bonchev–Trinajstić information content (AvgIpc) is 2.52. The van der Waals surface area contributed by atoms with Crippen molar-refractivity contribution in [2.75, 3.05) is 13.2 Å². The van der Waals surface area contributed by atoms with Crippen molar-refractivity contribution in [2.24, 2.45) is 0 Å². The van der Waals surface area contributed by atoms with E-state index in [1.807, 2.05) is 24.0 Å². The molecule has 1 atom stereocenters. The van der Waals surface area contributed by atoms with Gasteiger partial charge in [0.2, 0.25) is 5.91 Å². The van der Waals surface area contributed by atoms with E-state index in [0.717, 1.165) is 26.7 Å². The lowest BCUT2D eigenvalue weighted by atomic mass is 9.88. The standard InChI is InChI=1S/C19H19Br2NO2/c1-3-24-17-4-5-18-13(10-17)6-7-22(12(2)23)19(18)14-8-15(20)11-16(21)9-14/h4-5,8-11,19H,3,6-7H2,1-2H3. The zero-order valence-corrected chi connectivity index (χ0v) is 16.9. The molecule has 24 heavy (non-hydrogen) atoms. The Kier molecular flexibility index (Phi) is 5.30. The van der Waals surface area contributed by atoms with Crippen LogP contribution in [0.15, 0.2) is 45.3 Å². The van der Waals surface area contributed by atoms with Crippen LogP contribution >= 0.6 is 31.9 Å². The number of nitrogens with zero attached hydrogens (tertiary/aromatic N) is 1. The molecule has 2 aromatic rings. The van der Waals surface area contributed by atoms with Crippen molar-refractivity contribution in [3.8, 4) is 5.75 Å². The minimum atomic E-state index is -0.0734. The lowest BCUT2D eigenvalue weighted by molar-refractivity contribution is -0.130. The first-order valence-corrected chi connectivity index (χ1v) is 9.57. The maximum atomic E-state index is 12.2. The molecule has 1 unspecified atom stereocenters. The smallest absolute Gasteiger partial charge is 0.220 e. The molecule has 2 aromatic carbocycles. The molecule has 0 fully saturated rings. The second kappa shape index (κ2) is 7.28. The van der Waals surface area contributed by atoms with E-state index in [9.17, 15) is 4.79 Å². The monoisotopic (exact) mass is 451 g/mol. The highest BCUT2D eigenvalue weighted by molar-refractivity contribution is 9.11. The largest absolute Gasteiger partial charge is 0.494 e. The summed E-state index contributed by atoms with van der Waals surface area (Å²) in [5.41, 5.74) is 3.51. The second-order valence-corrected chi connectivity index (χ2v) is 7.69. The van der Waals surface area contributed by atoms with Crippen molar-refractivity contribution in [3.05, 3.63) is 62.0 Å². The third-order valence-electron chi connectivity index (χ3n) is 4.26. The molecule has 0 N–H and O–H groups in total. The van der Waals surface area contributed by atoms with Crippen LogP contribution in [0, 0.1) is 0 Å². The molecule has 0 spiro atoms. The van der Waals surface area contributed by atoms with Gasteiger partial charge in [0.05, 0.1) is 12.6 Å². The third-order valence-corrected chi connectivity index (χ3v) is 5.17. The van der Waals surface area contributed by atoms with Crippen LogP contribution in [0.5, 0.6) is 5.75 Å². The van der Waals surface area contributed by atoms with Gasteiger partial charge in [-0.2, -0.15) is 0 Å². The van der Waals surface area contributed by atoms with Gasteiger partial charge in [-0.3, -0.25) is 4.79 Å². The minimum Gasteiger partial charge on any atom is -0.494 e. The van der Waals surface area contributed by atoms with Crippen molar-refractivity contribution in [1.29, 1.82) is 0 Å². The molecular weight excluding hydrogens is 434 g/mol. The van der Waals surface area contributed by atoms with Gasteiger partial charge in [0.25, 0.3) is 0 Å². The van der Waals surface area contributed by atoms with Crippen LogP contribution in [0.2, 0.25) is 0 Å². The summed E-state index contributed by atoms with van der Waals surface area (Å²) in [5, 5.41) is 0. The number of rotatable bonds is 3. The number of benzene rings is 2. The molecule has 5 heteroatoms. The topological polar surface area (TPSA) is 29.5 Å². The van der Waals surface area contributed by atoms with Crippen LogP contribution in [-0.2, 0) is 11.2 Å². The van der Waals surface area contributed by atoms with Gasteiger partial charge in [-0.1, -0.05) is 37.9 Å². The van der Waals surface area contributed by atoms with Gasteiger partial charge in [0, 0.05) is 22.4 Å². The summed E-state index contributed by atoms with van der Waals surface area (Å²) in [4.78, 5) is 14.2. The molecule has 0 radical (unpaired) electrons. The molecule has 3 rings (SSSR count). The molecule has 1 aliphatic heterocycles. The van der Waals surface area contributed by atoms with Crippen LogP contribution in [0.4, 0.5) is 0 Å². The zero-order chi connectivity index (χ0) is 17.3. The number of hydrogen-bond donors (Lipinski definition) is 0. The highest BCUT2D eigenvalue weighted by Gasteiger charge is 2.31. The van der Waals surface area contributed by atoms with Gasteiger partial charge in [0.15, 0.2) is 0 Å². The molecule has 1 aliphatic rings. The Morgan fingerprint density at radius 2 is 1.92 bits per heavy atom. The quantitative estimate of drug-likeness (QED) is 0.647. The molecule has 0 saturated heterocycles. The van der Waals surface area contributed by atoms with Crippen LogP contribution in [0.25, 0.3) is 0 Å². The van der Waals surface area contributed by atoms with E-state index >= 15 is 0 Å². The van der Waals surface area contributed by atoms with Gasteiger partial charge in [-0.25, -0.2) is 0 Å². The zero-order valence-electron chi connectivity index (χ0n) is 13.7. The second-order valence-electron chi connectivity index (χ2n) is 5.86. The highest BCUT2D eigenvalue weighted by atomic mass is 79.9. The number of amides is 1. The van der Waals surface area contributed by atoms with Crippen molar-refractivity contribution in [3.63, 3.8) is 0 Å². The third kappa shape index (κ3) is 3.52. The molecule has 0 saturated carbocycles. The van der Waals surface area contributed by atoms with Crippen LogP contribution in [0.3, 0.4) is 0 Å². The van der Waals surface area contributed by atoms with Gasteiger partial charge in [-0.15, -0.1) is 0 Å². The predicted octanol–water partition coefficient (Wildman–Crippen LogP) is 5.10. The number of ether oxygens (including phenoxy) is 1. The first kappa shape index (κ1) is 17.5. The van der Waals surface area contributed by atoms with E-state index in [4.69, 9.17) is 4.74 Å². The van der Waals surface area contributed by atoms with Crippen LogP contribution < -0.4 is 4.74 Å². The Hall–Kier alpha value is -1.33. The Bertz CT molecular complexity index is 756. The van der Waals surface area contributed by atoms with Crippen molar-refractivity contribution < 1.29 is 9.53 Å². The first-order chi connectivity index (χ1) is 11.5. The summed E-state index contributed by atoms with van der Waals surface area (Å²) in [6.45, 7) is 4.99. The van der Waals surface area contributed by atoms with Gasteiger partial charge in [0.1, 0.15) is 5.75 Å². The Morgan fingerprint density at radius 1 is 1.21 bits per heavy atom. The molecule has 1 heterocycles. The van der Waals surface area contributed by atoms with Crippen molar-refractivity contribution in [1.82, 2.24) is 4.90 Å². The summed E-state index contributed by atoms with van der Waals surface area (Å²) < 4.78 is 7.62. The molecule has 1 amide bonds. The summed E-state index contributed by atoms with van der Waals surface area (Å²) in [7, 11) is 0. The number of carbonyl (C=O) groups is 1. The van der Waals surface area contributed by atoms with E-state index in [1.54, 1.807) is 6.92 Å². The molecule has 3 nitrogen and oxygen atoms in total. The van der Waals surface area contributed by atoms with E-state index in [1.165, 1.54) is 11.1 Å². The fourth-order valence-corrected chi connectivity index (χ4v) is 4.62. The van der Waals surface area contributed by atoms with Gasteiger partial charge >= 0.3 is 0 Å². The molecule has 0 aromatic heterocycles. The summed E-state index contributed by atoms with van der Waals surface area (Å²) >= 11 is 7.11. The van der Waals surface area contributed by atoms with E-state index in [0.29, 0.717) is 13.2 Å². The van der Waals surface area contributed by atoms with E-state index in [-0.39, 0.29) is 11.9 Å². The number of halogens is 2. The van der Waals surface area contributed by atoms with Crippen molar-refractivity contribution >= 4 is 37.8 Å². The van der Waals surface area contributed by atoms with Gasteiger partial charge in [-0.05, 0) is 60.4 Å². The summed E-state index contributed by atoms with van der Waals surface area (Å²) in [6.07, 6.45) is 0.849. The van der Waals surface area contributed by atoms with E-state index < -0.39 is 0 Å². The maximum absolute atomic E-state index is 12.2. The fourth-order valence-electron chi connectivity index (χ4n) is 3.29. The maximum Gasteiger partial charge on any atom is 0.220 e. The molecule has 126 valence electrons. The number of hydrogen-bond acceptors (Lipinski definition) is 2. The Balaban J connectivity index is 2.11. The predicted molar refractivity (Wildman–Crippen MR) is 102 cm³/mol. The minimum absolute atomic E-state index is 0.0734. The number of fused-ring (bicyclic) bond motifs is 1. The van der Waals surface area contributed by atoms with Crippen LogP contribution in [-0.4, -0.2) is 24.0 Å². The van der Waals surface area contributed by atoms with E-state index in [2.05, 4.69) is 56.1 Å².